The van der Waals surface area contributed by atoms with Gasteiger partial charge in [0.15, 0.2) is 11.5 Å². The van der Waals surface area contributed by atoms with Gasteiger partial charge in [-0.25, -0.2) is 14.2 Å². The minimum Gasteiger partial charge on any atom is -0.371 e. The van der Waals surface area contributed by atoms with Crippen molar-refractivity contribution in [3.63, 3.8) is 0 Å². The van der Waals surface area contributed by atoms with E-state index in [1.54, 1.807) is 11.6 Å². The molecule has 0 saturated heterocycles. The topological polar surface area (TPSA) is 127 Å². The summed E-state index contributed by atoms with van der Waals surface area (Å²) in [4.78, 5) is 20.9. The summed E-state index contributed by atoms with van der Waals surface area (Å²) in [5, 5.41) is 22.5. The van der Waals surface area contributed by atoms with Crippen molar-refractivity contribution in [3.05, 3.63) is 24.4 Å². The van der Waals surface area contributed by atoms with Crippen molar-refractivity contribution < 1.29 is 4.79 Å². The summed E-state index contributed by atoms with van der Waals surface area (Å²) in [6.45, 7) is 6.31. The van der Waals surface area contributed by atoms with Crippen LogP contribution in [-0.2, 0) is 11.3 Å². The number of aryl methyl sites for hydroxylation is 1. The third-order valence-corrected chi connectivity index (χ3v) is 5.89. The number of nitrogens with zero attached hydrogens (tertiary/aromatic N) is 7. The van der Waals surface area contributed by atoms with Crippen LogP contribution >= 0.6 is 0 Å². The molecule has 3 N–H and O–H groups in total. The smallest absolute Gasteiger partial charge is 0.243 e. The van der Waals surface area contributed by atoms with Crippen molar-refractivity contribution in [2.24, 2.45) is 0 Å². The number of carbonyl (C=O) groups excluding carboxylic acids is 1. The lowest BCUT2D eigenvalue weighted by Crippen LogP contribution is -2.59. The number of hydrogen-bond donors (Lipinski definition) is 3. The second-order valence-electron chi connectivity index (χ2n) is 8.49. The average Bonchev–Trinajstić information content (AvgIpc) is 3.34. The van der Waals surface area contributed by atoms with Gasteiger partial charge in [-0.3, -0.25) is 4.79 Å². The highest BCUT2D eigenvalue weighted by atomic mass is 16.1. The van der Waals surface area contributed by atoms with Crippen LogP contribution in [0.4, 0.5) is 11.8 Å². The Labute approximate surface area is 184 Å². The molecule has 166 valence electrons. The minimum atomic E-state index is -0.176. The zero-order chi connectivity index (χ0) is 22.5. The quantitative estimate of drug-likeness (QED) is 0.421. The van der Waals surface area contributed by atoms with Crippen LogP contribution in [-0.4, -0.2) is 59.1 Å². The number of fused-ring (bicyclic) bond motifs is 2. The molecule has 11 heteroatoms. The molecule has 0 unspecified atom stereocenters. The number of carbonyl (C=O) groups is 1. The molecule has 1 aliphatic rings. The van der Waals surface area contributed by atoms with Gasteiger partial charge in [-0.1, -0.05) is 5.21 Å². The molecular formula is C21H26N10O. The molecule has 4 heterocycles. The number of hydrogen-bond acceptors (Lipinski definition) is 8. The van der Waals surface area contributed by atoms with E-state index in [2.05, 4.69) is 38.3 Å². The molecule has 0 atom stereocenters. The Kier molecular flexibility index (Phi) is 4.68. The summed E-state index contributed by atoms with van der Waals surface area (Å²) >= 11 is 0. The van der Waals surface area contributed by atoms with E-state index in [9.17, 15) is 4.79 Å². The molecule has 0 bridgehead atoms. The molecule has 0 spiro atoms. The van der Waals surface area contributed by atoms with E-state index in [1.165, 1.54) is 0 Å². The monoisotopic (exact) mass is 434 g/mol. The fraction of sp³-hybridized carbons (Fsp3) is 0.429. The lowest BCUT2D eigenvalue weighted by molar-refractivity contribution is -0.121. The van der Waals surface area contributed by atoms with Gasteiger partial charge in [0.2, 0.25) is 11.9 Å². The number of anilines is 2. The highest BCUT2D eigenvalue weighted by molar-refractivity contribution is 5.89. The second kappa shape index (κ2) is 7.43. The number of amides is 1. The zero-order valence-corrected chi connectivity index (χ0v) is 18.5. The van der Waals surface area contributed by atoms with Gasteiger partial charge in [0, 0.05) is 43.9 Å². The van der Waals surface area contributed by atoms with Crippen LogP contribution < -0.4 is 16.0 Å². The summed E-state index contributed by atoms with van der Waals surface area (Å²) in [5.41, 5.74) is 3.92. The fourth-order valence-corrected chi connectivity index (χ4v) is 4.52. The van der Waals surface area contributed by atoms with E-state index >= 15 is 0 Å². The van der Waals surface area contributed by atoms with Crippen LogP contribution in [0, 0.1) is 0 Å². The summed E-state index contributed by atoms with van der Waals surface area (Å²) in [6, 6.07) is 6.06. The van der Waals surface area contributed by atoms with Crippen LogP contribution in [0.3, 0.4) is 0 Å². The van der Waals surface area contributed by atoms with Gasteiger partial charge in [-0.15, -0.1) is 10.2 Å². The maximum atomic E-state index is 11.4. The highest BCUT2D eigenvalue weighted by Crippen LogP contribution is 2.34. The molecule has 1 fully saturated rings. The van der Waals surface area contributed by atoms with Gasteiger partial charge in [-0.05, 0) is 44.9 Å². The lowest BCUT2D eigenvalue weighted by Gasteiger charge is -2.45. The average molecular weight is 435 g/mol. The van der Waals surface area contributed by atoms with Gasteiger partial charge in [0.25, 0.3) is 0 Å². The van der Waals surface area contributed by atoms with Crippen molar-refractivity contribution in [2.75, 3.05) is 17.7 Å². The van der Waals surface area contributed by atoms with Crippen molar-refractivity contribution in [1.82, 2.24) is 39.9 Å². The van der Waals surface area contributed by atoms with E-state index in [1.807, 2.05) is 42.9 Å². The van der Waals surface area contributed by atoms with Crippen molar-refractivity contribution in [1.29, 1.82) is 0 Å². The van der Waals surface area contributed by atoms with E-state index < -0.39 is 0 Å². The molecule has 1 saturated carbocycles. The number of nitrogens with one attached hydrogen (secondary N) is 3. The summed E-state index contributed by atoms with van der Waals surface area (Å²) in [6.07, 6.45) is 3.55. The lowest BCUT2D eigenvalue weighted by atomic mass is 9.74. The van der Waals surface area contributed by atoms with E-state index in [0.29, 0.717) is 18.3 Å². The third-order valence-electron chi connectivity index (χ3n) is 5.89. The highest BCUT2D eigenvalue weighted by Gasteiger charge is 2.41. The molecule has 0 aliphatic heterocycles. The Morgan fingerprint density at radius 2 is 2.06 bits per heavy atom. The van der Waals surface area contributed by atoms with Gasteiger partial charge < -0.3 is 16.0 Å². The van der Waals surface area contributed by atoms with Crippen LogP contribution in [0.5, 0.6) is 0 Å². The Hall–Kier alpha value is -3.76. The SMILES string of the molecule is CCn1nnc2ccc(-c3ccn4nc(NC5CC(C)(NC(C)=O)C5)nc(NC)c34)nc21. The van der Waals surface area contributed by atoms with E-state index in [0.717, 1.165) is 40.8 Å². The zero-order valence-electron chi connectivity index (χ0n) is 18.5. The maximum Gasteiger partial charge on any atom is 0.243 e. The van der Waals surface area contributed by atoms with Gasteiger partial charge >= 0.3 is 0 Å². The van der Waals surface area contributed by atoms with Gasteiger partial charge in [0.1, 0.15) is 11.0 Å². The van der Waals surface area contributed by atoms with Crippen molar-refractivity contribution in [2.45, 2.75) is 51.7 Å². The predicted octanol–water partition coefficient (Wildman–Crippen LogP) is 2.07. The van der Waals surface area contributed by atoms with Crippen molar-refractivity contribution in [3.8, 4) is 11.3 Å². The Morgan fingerprint density at radius 3 is 2.78 bits per heavy atom. The van der Waals surface area contributed by atoms with Crippen molar-refractivity contribution >= 4 is 34.4 Å². The van der Waals surface area contributed by atoms with E-state index in [4.69, 9.17) is 9.97 Å². The molecular weight excluding hydrogens is 408 g/mol. The molecule has 32 heavy (non-hydrogen) atoms. The minimum absolute atomic E-state index is 0.00877. The third kappa shape index (κ3) is 3.39. The molecule has 1 aliphatic carbocycles. The molecule has 4 aromatic rings. The van der Waals surface area contributed by atoms with Gasteiger partial charge in [-0.2, -0.15) is 4.98 Å². The number of aromatic nitrogens is 7. The predicted molar refractivity (Wildman–Crippen MR) is 121 cm³/mol. The molecule has 5 rings (SSSR count). The maximum absolute atomic E-state index is 11.4. The molecule has 1 amide bonds. The Bertz CT molecular complexity index is 1320. The summed E-state index contributed by atoms with van der Waals surface area (Å²) in [7, 11) is 1.84. The summed E-state index contributed by atoms with van der Waals surface area (Å²) < 4.78 is 3.59. The number of rotatable bonds is 6. The number of pyridine rings is 1. The van der Waals surface area contributed by atoms with Crippen LogP contribution in [0.1, 0.15) is 33.6 Å². The first-order chi connectivity index (χ1) is 15.4. The molecule has 0 aromatic carbocycles. The second-order valence-corrected chi connectivity index (χ2v) is 8.49. The Balaban J connectivity index is 1.46. The van der Waals surface area contributed by atoms with Crippen LogP contribution in [0.25, 0.3) is 27.9 Å². The Morgan fingerprint density at radius 1 is 1.25 bits per heavy atom. The van der Waals surface area contributed by atoms with Gasteiger partial charge in [0.05, 0.1) is 5.69 Å². The normalized spacial score (nSPS) is 20.3. The molecule has 0 radical (unpaired) electrons. The van der Waals surface area contributed by atoms with E-state index in [-0.39, 0.29) is 17.5 Å². The first-order valence-corrected chi connectivity index (χ1v) is 10.7. The largest absolute Gasteiger partial charge is 0.371 e. The van der Waals surface area contributed by atoms with Crippen LogP contribution in [0.2, 0.25) is 0 Å². The molecule has 4 aromatic heterocycles. The fourth-order valence-electron chi connectivity index (χ4n) is 4.52. The first kappa shape index (κ1) is 20.2. The first-order valence-electron chi connectivity index (χ1n) is 10.7. The summed E-state index contributed by atoms with van der Waals surface area (Å²) in [5.74, 6) is 1.23. The standard InChI is InChI=1S/C21H26N10O/c1-5-30-19-16(27-29-30)7-6-15(24-19)14-8-9-31-17(14)18(22-4)25-20(28-31)23-13-10-21(3,11-13)26-12(2)32/h6-9,13H,5,10-11H2,1-4H3,(H,26,32)(H2,22,23,25,28). The van der Waals surface area contributed by atoms with Crippen LogP contribution in [0.15, 0.2) is 24.4 Å². The molecule has 11 nitrogen and oxygen atoms in total.